The zero-order chi connectivity index (χ0) is 10.1. The summed E-state index contributed by atoms with van der Waals surface area (Å²) in [5.74, 6) is 0.197. The van der Waals surface area contributed by atoms with Crippen molar-refractivity contribution in [2.45, 2.75) is 13.8 Å². The molecular weight excluding hydrogens is 176 g/mol. The lowest BCUT2D eigenvalue weighted by atomic mass is 10.0. The van der Waals surface area contributed by atoms with Crippen LogP contribution in [-0.2, 0) is 0 Å². The molecule has 0 saturated carbocycles. The van der Waals surface area contributed by atoms with E-state index in [-0.39, 0.29) is 11.7 Å². The van der Waals surface area contributed by atoms with E-state index in [9.17, 15) is 4.79 Å². The molecule has 2 aromatic heterocycles. The highest BCUT2D eigenvalue weighted by molar-refractivity contribution is 5.98. The van der Waals surface area contributed by atoms with Crippen molar-refractivity contribution in [3.8, 4) is 0 Å². The van der Waals surface area contributed by atoms with Crippen LogP contribution in [0.2, 0.25) is 0 Å². The van der Waals surface area contributed by atoms with Crippen LogP contribution in [0.5, 0.6) is 0 Å². The quantitative estimate of drug-likeness (QED) is 0.677. The van der Waals surface area contributed by atoms with E-state index in [4.69, 9.17) is 0 Å². The van der Waals surface area contributed by atoms with Crippen molar-refractivity contribution in [1.29, 1.82) is 0 Å². The summed E-state index contributed by atoms with van der Waals surface area (Å²) in [7, 11) is 0. The summed E-state index contributed by atoms with van der Waals surface area (Å²) in [5, 5.41) is 0. The lowest BCUT2D eigenvalue weighted by Crippen LogP contribution is -2.07. The topological polar surface area (TPSA) is 34.4 Å². The van der Waals surface area contributed by atoms with Crippen LogP contribution in [0.1, 0.15) is 24.2 Å². The van der Waals surface area contributed by atoms with E-state index < -0.39 is 0 Å². The van der Waals surface area contributed by atoms with E-state index in [0.29, 0.717) is 0 Å². The maximum absolute atomic E-state index is 11.7. The molecule has 0 N–H and O–H groups in total. The van der Waals surface area contributed by atoms with Gasteiger partial charge in [0.2, 0.25) is 0 Å². The summed E-state index contributed by atoms with van der Waals surface area (Å²) >= 11 is 0. The van der Waals surface area contributed by atoms with Gasteiger partial charge in [0.1, 0.15) is 5.65 Å². The number of pyridine rings is 1. The van der Waals surface area contributed by atoms with Crippen molar-refractivity contribution in [2.24, 2.45) is 5.92 Å². The van der Waals surface area contributed by atoms with Crippen molar-refractivity contribution in [3.05, 3.63) is 36.3 Å². The molecule has 0 fully saturated rings. The first-order valence-corrected chi connectivity index (χ1v) is 4.65. The molecular formula is C11H12N2O. The van der Waals surface area contributed by atoms with Gasteiger partial charge in [0, 0.05) is 30.1 Å². The van der Waals surface area contributed by atoms with E-state index in [0.717, 1.165) is 11.2 Å². The van der Waals surface area contributed by atoms with Gasteiger partial charge in [0.15, 0.2) is 5.78 Å². The molecule has 0 aromatic carbocycles. The van der Waals surface area contributed by atoms with Crippen molar-refractivity contribution in [3.63, 3.8) is 0 Å². The highest BCUT2D eigenvalue weighted by Crippen LogP contribution is 2.10. The van der Waals surface area contributed by atoms with E-state index >= 15 is 0 Å². The predicted octanol–water partition coefficient (Wildman–Crippen LogP) is 2.17. The molecule has 0 bridgehead atoms. The molecule has 0 amide bonds. The molecule has 0 aliphatic heterocycles. The minimum Gasteiger partial charge on any atom is -0.307 e. The number of nitrogens with zero attached hydrogens (tertiary/aromatic N) is 2. The van der Waals surface area contributed by atoms with Gasteiger partial charge in [0.05, 0.1) is 0 Å². The van der Waals surface area contributed by atoms with Gasteiger partial charge in [-0.25, -0.2) is 4.98 Å². The van der Waals surface area contributed by atoms with E-state index in [1.165, 1.54) is 0 Å². The number of Topliss-reactive ketones (excluding diaryl/α,β-unsaturated/α-hetero) is 1. The molecule has 2 heterocycles. The van der Waals surface area contributed by atoms with Crippen LogP contribution in [0.3, 0.4) is 0 Å². The molecule has 3 heteroatoms. The molecule has 0 radical (unpaired) electrons. The van der Waals surface area contributed by atoms with Gasteiger partial charge in [0.25, 0.3) is 0 Å². The highest BCUT2D eigenvalue weighted by Gasteiger charge is 2.10. The Labute approximate surface area is 82.4 Å². The molecule has 0 aliphatic rings. The minimum absolute atomic E-state index is 0.0346. The molecule has 2 aromatic rings. The Balaban J connectivity index is 2.48. The second kappa shape index (κ2) is 3.25. The molecule has 0 spiro atoms. The zero-order valence-electron chi connectivity index (χ0n) is 8.27. The number of fused-ring (bicyclic) bond motifs is 1. The SMILES string of the molecule is CC(C)C(=O)c1ccn2ccnc2c1. The lowest BCUT2D eigenvalue weighted by Gasteiger charge is -2.03. The fraction of sp³-hybridized carbons (Fsp3) is 0.273. The summed E-state index contributed by atoms with van der Waals surface area (Å²) in [4.78, 5) is 15.8. The molecule has 3 nitrogen and oxygen atoms in total. The number of hydrogen-bond acceptors (Lipinski definition) is 2. The van der Waals surface area contributed by atoms with Gasteiger partial charge in [-0.3, -0.25) is 4.79 Å². The van der Waals surface area contributed by atoms with Crippen molar-refractivity contribution in [2.75, 3.05) is 0 Å². The zero-order valence-corrected chi connectivity index (χ0v) is 8.27. The maximum Gasteiger partial charge on any atom is 0.165 e. The van der Waals surface area contributed by atoms with Crippen LogP contribution >= 0.6 is 0 Å². The van der Waals surface area contributed by atoms with E-state index in [1.807, 2.05) is 42.8 Å². The summed E-state index contributed by atoms with van der Waals surface area (Å²) < 4.78 is 1.89. The number of carbonyl (C=O) groups excluding carboxylic acids is 1. The third-order valence-electron chi connectivity index (χ3n) is 2.21. The number of hydrogen-bond donors (Lipinski definition) is 0. The van der Waals surface area contributed by atoms with Gasteiger partial charge in [-0.05, 0) is 12.1 Å². The van der Waals surface area contributed by atoms with Gasteiger partial charge >= 0.3 is 0 Å². The summed E-state index contributed by atoms with van der Waals surface area (Å²) in [6.45, 7) is 3.80. The molecule has 2 rings (SSSR count). The predicted molar refractivity (Wildman–Crippen MR) is 54.4 cm³/mol. The second-order valence-electron chi connectivity index (χ2n) is 3.63. The molecule has 0 atom stereocenters. The highest BCUT2D eigenvalue weighted by atomic mass is 16.1. The minimum atomic E-state index is 0.0346. The molecule has 0 unspecified atom stereocenters. The van der Waals surface area contributed by atoms with E-state index in [1.54, 1.807) is 6.20 Å². The standard InChI is InChI=1S/C11H12N2O/c1-8(2)11(14)9-3-5-13-6-4-12-10(13)7-9/h3-8H,1-2H3. The Hall–Kier alpha value is -1.64. The van der Waals surface area contributed by atoms with Crippen LogP contribution in [0.25, 0.3) is 5.65 Å². The summed E-state index contributed by atoms with van der Waals surface area (Å²) in [6.07, 6.45) is 5.44. The first kappa shape index (κ1) is 8.94. The summed E-state index contributed by atoms with van der Waals surface area (Å²) in [6, 6.07) is 3.65. The van der Waals surface area contributed by atoms with Crippen LogP contribution in [-0.4, -0.2) is 15.2 Å². The lowest BCUT2D eigenvalue weighted by molar-refractivity contribution is 0.0939. The third-order valence-corrected chi connectivity index (χ3v) is 2.21. The second-order valence-corrected chi connectivity index (χ2v) is 3.63. The number of aromatic nitrogens is 2. The largest absolute Gasteiger partial charge is 0.307 e. The van der Waals surface area contributed by atoms with Gasteiger partial charge in [-0.1, -0.05) is 13.8 Å². The van der Waals surface area contributed by atoms with E-state index in [2.05, 4.69) is 4.98 Å². The van der Waals surface area contributed by atoms with Gasteiger partial charge in [-0.2, -0.15) is 0 Å². The molecule has 0 saturated heterocycles. The Bertz CT molecular complexity index is 471. The van der Waals surface area contributed by atoms with Crippen LogP contribution in [0, 0.1) is 5.92 Å². The monoisotopic (exact) mass is 188 g/mol. The number of ketones is 1. The number of imidazole rings is 1. The Morgan fingerprint density at radius 3 is 2.93 bits per heavy atom. The smallest absolute Gasteiger partial charge is 0.165 e. The molecule has 0 aliphatic carbocycles. The number of carbonyl (C=O) groups is 1. The van der Waals surface area contributed by atoms with Crippen molar-refractivity contribution < 1.29 is 4.79 Å². The fourth-order valence-electron chi connectivity index (χ4n) is 1.40. The average molecular weight is 188 g/mol. The molecule has 72 valence electrons. The Morgan fingerprint density at radius 1 is 1.43 bits per heavy atom. The fourth-order valence-corrected chi connectivity index (χ4v) is 1.40. The van der Waals surface area contributed by atoms with Gasteiger partial charge < -0.3 is 4.40 Å². The normalized spacial score (nSPS) is 11.1. The molecule has 14 heavy (non-hydrogen) atoms. The van der Waals surface area contributed by atoms with Crippen LogP contribution in [0.4, 0.5) is 0 Å². The third kappa shape index (κ3) is 1.41. The Morgan fingerprint density at radius 2 is 2.21 bits per heavy atom. The number of rotatable bonds is 2. The Kier molecular flexibility index (Phi) is 2.08. The van der Waals surface area contributed by atoms with Gasteiger partial charge in [-0.15, -0.1) is 0 Å². The first-order valence-electron chi connectivity index (χ1n) is 4.65. The maximum atomic E-state index is 11.7. The van der Waals surface area contributed by atoms with Crippen LogP contribution < -0.4 is 0 Å². The van der Waals surface area contributed by atoms with Crippen molar-refractivity contribution >= 4 is 11.4 Å². The van der Waals surface area contributed by atoms with Crippen LogP contribution in [0.15, 0.2) is 30.7 Å². The first-order chi connectivity index (χ1) is 6.68. The summed E-state index contributed by atoms with van der Waals surface area (Å²) in [5.41, 5.74) is 1.55. The average Bonchev–Trinajstić information content (AvgIpc) is 2.62. The van der Waals surface area contributed by atoms with Crippen molar-refractivity contribution in [1.82, 2.24) is 9.38 Å².